The van der Waals surface area contributed by atoms with Crippen LogP contribution in [0.15, 0.2) is 24.3 Å². The summed E-state index contributed by atoms with van der Waals surface area (Å²) in [5.41, 5.74) is 0.971. The van der Waals surface area contributed by atoms with E-state index >= 15 is 0 Å². The molecule has 0 atom stereocenters. The Hall–Kier alpha value is -1.92. The summed E-state index contributed by atoms with van der Waals surface area (Å²) in [5.74, 6) is -1.13. The first kappa shape index (κ1) is 13.5. The number of halogens is 1. The number of rotatable bonds is 5. The molecule has 0 unspecified atom stereocenters. The molecule has 0 aliphatic rings. The molecule has 1 heterocycles. The molecule has 6 nitrogen and oxygen atoms in total. The number of carboxylic acids is 1. The van der Waals surface area contributed by atoms with Gasteiger partial charge in [0.05, 0.1) is 12.3 Å². The highest BCUT2D eigenvalue weighted by atomic mass is 35.5. The molecule has 0 saturated carbocycles. The molecule has 0 spiro atoms. The molecule has 0 bridgehead atoms. The van der Waals surface area contributed by atoms with Gasteiger partial charge in [0.2, 0.25) is 0 Å². The van der Waals surface area contributed by atoms with Crippen molar-refractivity contribution >= 4 is 17.6 Å². The van der Waals surface area contributed by atoms with Crippen molar-refractivity contribution in [3.63, 3.8) is 0 Å². The molecule has 0 fully saturated rings. The van der Waals surface area contributed by atoms with Gasteiger partial charge >= 0.3 is 5.97 Å². The fourth-order valence-electron chi connectivity index (χ4n) is 1.59. The van der Waals surface area contributed by atoms with Crippen LogP contribution in [0, 0.1) is 0 Å². The van der Waals surface area contributed by atoms with Gasteiger partial charge in [0, 0.05) is 11.6 Å². The normalized spacial score (nSPS) is 10.6. The fourth-order valence-corrected chi connectivity index (χ4v) is 1.71. The van der Waals surface area contributed by atoms with Gasteiger partial charge in [-0.2, -0.15) is 0 Å². The van der Waals surface area contributed by atoms with Crippen LogP contribution < -0.4 is 0 Å². The predicted molar refractivity (Wildman–Crippen MR) is 68.7 cm³/mol. The molecular weight excluding hydrogens is 270 g/mol. The molecule has 2 rings (SSSR count). The van der Waals surface area contributed by atoms with Gasteiger partial charge in [-0.05, 0) is 31.2 Å². The van der Waals surface area contributed by atoms with Crippen LogP contribution in [0.2, 0.25) is 5.02 Å². The highest BCUT2D eigenvalue weighted by Gasteiger charge is 2.19. The molecule has 7 heteroatoms. The Morgan fingerprint density at radius 3 is 2.68 bits per heavy atom. The Balaban J connectivity index is 2.44. The first-order valence-corrected chi connectivity index (χ1v) is 6.02. The van der Waals surface area contributed by atoms with Crippen LogP contribution in [0.4, 0.5) is 0 Å². The zero-order valence-electron chi connectivity index (χ0n) is 10.2. The van der Waals surface area contributed by atoms with Crippen LogP contribution in [-0.4, -0.2) is 32.7 Å². The monoisotopic (exact) mass is 281 g/mol. The number of benzene rings is 1. The molecule has 0 saturated heterocycles. The molecule has 0 amide bonds. The first-order valence-electron chi connectivity index (χ1n) is 5.65. The average molecular weight is 282 g/mol. The van der Waals surface area contributed by atoms with Gasteiger partial charge in [0.1, 0.15) is 5.69 Å². The van der Waals surface area contributed by atoms with E-state index in [2.05, 4.69) is 10.3 Å². The largest absolute Gasteiger partial charge is 0.476 e. The van der Waals surface area contributed by atoms with Crippen LogP contribution in [0.1, 0.15) is 23.1 Å². The highest BCUT2D eigenvalue weighted by molar-refractivity contribution is 6.30. The van der Waals surface area contributed by atoms with E-state index in [1.807, 2.05) is 6.92 Å². The molecule has 0 aliphatic heterocycles. The zero-order chi connectivity index (χ0) is 13.8. The second-order valence-corrected chi connectivity index (χ2v) is 4.15. The summed E-state index contributed by atoms with van der Waals surface area (Å²) in [6, 6.07) is 6.86. The Morgan fingerprint density at radius 2 is 2.11 bits per heavy atom. The van der Waals surface area contributed by atoms with Crippen LogP contribution >= 0.6 is 11.6 Å². The van der Waals surface area contributed by atoms with E-state index < -0.39 is 5.97 Å². The highest BCUT2D eigenvalue weighted by Crippen LogP contribution is 2.17. The van der Waals surface area contributed by atoms with Crippen LogP contribution in [-0.2, 0) is 11.3 Å². The maximum Gasteiger partial charge on any atom is 0.358 e. The summed E-state index contributed by atoms with van der Waals surface area (Å²) < 4.78 is 6.70. The summed E-state index contributed by atoms with van der Waals surface area (Å²) >= 11 is 5.81. The number of hydrogen-bond donors (Lipinski definition) is 1. The van der Waals surface area contributed by atoms with Gasteiger partial charge in [-0.15, -0.1) is 5.10 Å². The third-order valence-electron chi connectivity index (χ3n) is 2.48. The summed E-state index contributed by atoms with van der Waals surface area (Å²) in [7, 11) is 0. The Kier molecular flexibility index (Phi) is 4.13. The van der Waals surface area contributed by atoms with Crippen molar-refractivity contribution in [3.05, 3.63) is 40.7 Å². The predicted octanol–water partition coefficient (Wildman–Crippen LogP) is 2.16. The minimum absolute atomic E-state index is 0.108. The van der Waals surface area contributed by atoms with Gasteiger partial charge in [-0.3, -0.25) is 0 Å². The molecule has 100 valence electrons. The SMILES string of the molecule is CCOCc1c(C(=O)O)nnn1-c1ccc(Cl)cc1. The van der Waals surface area contributed by atoms with Gasteiger partial charge in [-0.25, -0.2) is 9.48 Å². The van der Waals surface area contributed by atoms with Crippen molar-refractivity contribution in [2.75, 3.05) is 6.61 Å². The number of carbonyl (C=O) groups is 1. The molecule has 2 aromatic rings. The first-order chi connectivity index (χ1) is 9.13. The van der Waals surface area contributed by atoms with Crippen molar-refractivity contribution < 1.29 is 14.6 Å². The smallest absolute Gasteiger partial charge is 0.358 e. The Morgan fingerprint density at radius 1 is 1.42 bits per heavy atom. The van der Waals surface area contributed by atoms with Gasteiger partial charge in [0.25, 0.3) is 0 Å². The second-order valence-electron chi connectivity index (χ2n) is 3.72. The molecule has 0 aliphatic carbocycles. The van der Waals surface area contributed by atoms with Crippen molar-refractivity contribution in [1.29, 1.82) is 0 Å². The van der Waals surface area contributed by atoms with E-state index in [1.54, 1.807) is 24.3 Å². The van der Waals surface area contributed by atoms with Crippen LogP contribution in [0.3, 0.4) is 0 Å². The number of ether oxygens (including phenoxy) is 1. The number of nitrogens with zero attached hydrogens (tertiary/aromatic N) is 3. The topological polar surface area (TPSA) is 77.2 Å². The third kappa shape index (κ3) is 2.91. The number of hydrogen-bond acceptors (Lipinski definition) is 4. The summed E-state index contributed by atoms with van der Waals surface area (Å²) in [6.07, 6.45) is 0. The molecule has 0 radical (unpaired) electrons. The van der Waals surface area contributed by atoms with E-state index in [0.29, 0.717) is 23.0 Å². The summed E-state index contributed by atoms with van der Waals surface area (Å²) in [5, 5.41) is 17.2. The average Bonchev–Trinajstić information content (AvgIpc) is 2.81. The number of carboxylic acid groups (broad SMARTS) is 1. The van der Waals surface area contributed by atoms with Gasteiger partial charge in [0.15, 0.2) is 5.69 Å². The summed E-state index contributed by atoms with van der Waals surface area (Å²) in [4.78, 5) is 11.1. The third-order valence-corrected chi connectivity index (χ3v) is 2.73. The van der Waals surface area contributed by atoms with Gasteiger partial charge < -0.3 is 9.84 Å². The van der Waals surface area contributed by atoms with E-state index in [-0.39, 0.29) is 12.3 Å². The van der Waals surface area contributed by atoms with E-state index in [0.717, 1.165) is 0 Å². The van der Waals surface area contributed by atoms with Crippen molar-refractivity contribution in [2.45, 2.75) is 13.5 Å². The minimum atomic E-state index is -1.13. The quantitative estimate of drug-likeness (QED) is 0.909. The van der Waals surface area contributed by atoms with Crippen molar-refractivity contribution in [3.8, 4) is 5.69 Å². The molecule has 19 heavy (non-hydrogen) atoms. The standard InChI is InChI=1S/C12H12ClN3O3/c1-2-19-7-10-11(12(17)18)14-15-16(10)9-5-3-8(13)4-6-9/h3-6H,2,7H2,1H3,(H,17,18). The minimum Gasteiger partial charge on any atom is -0.476 e. The van der Waals surface area contributed by atoms with E-state index in [9.17, 15) is 4.79 Å². The Bertz CT molecular complexity index is 580. The van der Waals surface area contributed by atoms with E-state index in [4.69, 9.17) is 21.4 Å². The lowest BCUT2D eigenvalue weighted by molar-refractivity contribution is 0.0681. The molecule has 1 aromatic carbocycles. The summed E-state index contributed by atoms with van der Waals surface area (Å²) in [6.45, 7) is 2.44. The molecule has 1 N–H and O–H groups in total. The molecule has 1 aromatic heterocycles. The second kappa shape index (κ2) is 5.81. The maximum absolute atomic E-state index is 11.1. The Labute approximate surface area is 114 Å². The van der Waals surface area contributed by atoms with E-state index in [1.165, 1.54) is 4.68 Å². The van der Waals surface area contributed by atoms with Crippen molar-refractivity contribution in [1.82, 2.24) is 15.0 Å². The van der Waals surface area contributed by atoms with Crippen LogP contribution in [0.5, 0.6) is 0 Å². The number of aromatic carboxylic acids is 1. The van der Waals surface area contributed by atoms with Gasteiger partial charge in [-0.1, -0.05) is 16.8 Å². The lowest BCUT2D eigenvalue weighted by atomic mass is 10.3. The number of aromatic nitrogens is 3. The van der Waals surface area contributed by atoms with Crippen LogP contribution in [0.25, 0.3) is 5.69 Å². The fraction of sp³-hybridized carbons (Fsp3) is 0.250. The molecular formula is C12H12ClN3O3. The zero-order valence-corrected chi connectivity index (χ0v) is 11.0. The van der Waals surface area contributed by atoms with Crippen molar-refractivity contribution in [2.24, 2.45) is 0 Å². The lowest BCUT2D eigenvalue weighted by Crippen LogP contribution is -2.08. The maximum atomic E-state index is 11.1. The lowest BCUT2D eigenvalue weighted by Gasteiger charge is -2.07.